The number of carboxylic acids is 1. The van der Waals surface area contributed by atoms with Crippen LogP contribution in [-0.4, -0.2) is 49.7 Å². The second kappa shape index (κ2) is 31.1. The summed E-state index contributed by atoms with van der Waals surface area (Å²) in [5.41, 5.74) is 0. The number of aliphatic carboxylic acids is 1. The van der Waals surface area contributed by atoms with Crippen LogP contribution in [0.25, 0.3) is 0 Å². The predicted molar refractivity (Wildman–Crippen MR) is 96.1 cm³/mol. The maximum atomic E-state index is 10.2. The Kier molecular flexibility index (Phi) is 45.8. The van der Waals surface area contributed by atoms with Crippen molar-refractivity contribution in [1.29, 1.82) is 0 Å². The number of carboxylic acid groups (broad SMARTS) is 1. The van der Waals surface area contributed by atoms with Crippen LogP contribution in [0.4, 0.5) is 0 Å². The van der Waals surface area contributed by atoms with Crippen LogP contribution in [0.5, 0.6) is 0 Å². The van der Waals surface area contributed by atoms with E-state index in [2.05, 4.69) is 6.92 Å². The zero-order valence-corrected chi connectivity index (χ0v) is 19.4. The molecule has 0 saturated carbocycles. The summed E-state index contributed by atoms with van der Waals surface area (Å²) in [5.74, 6) is -0.903. The van der Waals surface area contributed by atoms with Crippen LogP contribution in [-0.2, 0) is 4.79 Å². The topological polar surface area (TPSA) is 130 Å². The largest absolute Gasteiger partial charge is 0.870 e. The van der Waals surface area contributed by atoms with E-state index in [9.17, 15) is 9.90 Å². The summed E-state index contributed by atoms with van der Waals surface area (Å²) in [6.45, 7) is 2.27. The van der Waals surface area contributed by atoms with Gasteiger partial charge in [0.15, 0.2) is 0 Å². The summed E-state index contributed by atoms with van der Waals surface area (Å²) in [6.07, 6.45) is 19.9. The second-order valence-corrected chi connectivity index (χ2v) is 6.07. The van der Waals surface area contributed by atoms with E-state index in [0.29, 0.717) is 0 Å². The smallest absolute Gasteiger partial charge is 0.0414 e. The van der Waals surface area contributed by atoms with Gasteiger partial charge < -0.3 is 26.3 Å². The van der Waals surface area contributed by atoms with Gasteiger partial charge in [-0.15, -0.1) is 0 Å². The third-order valence-corrected chi connectivity index (χ3v) is 3.98. The van der Waals surface area contributed by atoms with E-state index < -0.39 is 5.97 Å². The maximum Gasteiger partial charge on any atom is 0.0414 e. The molecule has 6 heteroatoms. The Bertz CT molecular complexity index is 216. The monoisotopic (exact) mass is 542 g/mol. The Morgan fingerprint density at radius 2 is 0.833 bits per heavy atom. The van der Waals surface area contributed by atoms with Crippen LogP contribution in [0, 0.1) is 0 Å². The van der Waals surface area contributed by atoms with Crippen molar-refractivity contribution in [3.63, 3.8) is 0 Å². The number of carbonyl (C=O) groups excluding carboxylic acids is 1. The Balaban J connectivity index is -0.000000301. The van der Waals surface area contributed by atoms with Gasteiger partial charge in [-0.25, -0.2) is 0 Å². The van der Waals surface area contributed by atoms with E-state index in [0.717, 1.165) is 12.8 Å². The first-order valence-electron chi connectivity index (χ1n) is 8.97. The molecule has 24 heavy (non-hydrogen) atoms. The van der Waals surface area contributed by atoms with E-state index in [1.54, 1.807) is 0 Å². The van der Waals surface area contributed by atoms with Crippen LogP contribution in [0.15, 0.2) is 0 Å². The number of hydrogen-bond acceptors (Lipinski definition) is 5. The minimum atomic E-state index is -0.903. The van der Waals surface area contributed by atoms with Crippen LogP contribution in [0.3, 0.4) is 0 Å². The van der Waals surface area contributed by atoms with Gasteiger partial charge in [-0.2, -0.15) is 0 Å². The van der Waals surface area contributed by atoms with Gasteiger partial charge in [-0.05, 0) is 12.8 Å². The van der Waals surface area contributed by atoms with Crippen molar-refractivity contribution in [3.05, 3.63) is 0 Å². The van der Waals surface area contributed by atoms with Gasteiger partial charge in [-0.3, -0.25) is 0 Å². The van der Waals surface area contributed by atoms with Gasteiger partial charge in [0.25, 0.3) is 0 Å². The molecular formula is C18H38O5Pb-4. The van der Waals surface area contributed by atoms with Crippen molar-refractivity contribution in [1.82, 2.24) is 0 Å². The molecule has 4 radical (unpaired) electrons. The first-order valence-corrected chi connectivity index (χ1v) is 8.97. The Morgan fingerprint density at radius 3 is 1.08 bits per heavy atom. The molecule has 148 valence electrons. The molecule has 0 aliphatic rings. The van der Waals surface area contributed by atoms with E-state index in [4.69, 9.17) is 0 Å². The quantitative estimate of drug-likeness (QED) is 0.215. The van der Waals surface area contributed by atoms with E-state index in [1.807, 2.05) is 0 Å². The van der Waals surface area contributed by atoms with E-state index in [-0.39, 0.29) is 50.1 Å². The summed E-state index contributed by atoms with van der Waals surface area (Å²) < 4.78 is 0. The molecule has 0 amide bonds. The molecule has 0 atom stereocenters. The van der Waals surface area contributed by atoms with Crippen LogP contribution in [0.2, 0.25) is 0 Å². The van der Waals surface area contributed by atoms with Gasteiger partial charge in [-0.1, -0.05) is 96.8 Å². The number of carbonyl (C=O) groups is 1. The first-order chi connectivity index (χ1) is 9.77. The fourth-order valence-corrected chi connectivity index (χ4v) is 2.64. The minimum absolute atomic E-state index is 0. The normalized spacial score (nSPS) is 9.04. The summed E-state index contributed by atoms with van der Waals surface area (Å²) in [4.78, 5) is 10.2. The zero-order chi connectivity index (χ0) is 14.9. The fourth-order valence-electron chi connectivity index (χ4n) is 2.64. The van der Waals surface area contributed by atoms with Crippen molar-refractivity contribution >= 4 is 33.3 Å². The summed E-state index contributed by atoms with van der Waals surface area (Å²) in [7, 11) is 0. The van der Waals surface area contributed by atoms with Crippen molar-refractivity contribution in [3.8, 4) is 0 Å². The number of unbranched alkanes of at least 4 members (excludes halogenated alkanes) is 14. The van der Waals surface area contributed by atoms with Crippen LogP contribution in [0.1, 0.15) is 110 Å². The minimum Gasteiger partial charge on any atom is -0.870 e. The van der Waals surface area contributed by atoms with Crippen LogP contribution >= 0.6 is 0 Å². The van der Waals surface area contributed by atoms with Gasteiger partial charge in [0.2, 0.25) is 0 Å². The van der Waals surface area contributed by atoms with Crippen LogP contribution < -0.4 is 5.11 Å². The number of hydrogen-bond donors (Lipinski definition) is 0. The Labute approximate surface area is 169 Å². The molecule has 0 unspecified atom stereocenters. The molecule has 0 rings (SSSR count). The Morgan fingerprint density at radius 1 is 0.583 bits per heavy atom. The zero-order valence-electron chi connectivity index (χ0n) is 15.5. The maximum absolute atomic E-state index is 10.2. The predicted octanol–water partition coefficient (Wildman–Crippen LogP) is 4.09. The third kappa shape index (κ3) is 33.8. The van der Waals surface area contributed by atoms with E-state index >= 15 is 0 Å². The van der Waals surface area contributed by atoms with Crippen molar-refractivity contribution in [2.45, 2.75) is 110 Å². The third-order valence-electron chi connectivity index (χ3n) is 3.98. The second-order valence-electron chi connectivity index (χ2n) is 6.07. The fraction of sp³-hybridized carbons (Fsp3) is 0.944. The molecule has 3 N–H and O–H groups in total. The standard InChI is InChI=1S/C18H36O2.3H2O.Pb/c1-2-3-4-5-6-7-8-9-10-11-12-13-14-15-16-17-18(19)20;;;;/h2-17H2,1H3,(H,19,20);3*1H2;/p-4. The molecule has 0 aromatic rings. The van der Waals surface area contributed by atoms with Gasteiger partial charge >= 0.3 is 0 Å². The molecular weight excluding hydrogens is 503 g/mol. The molecule has 0 fully saturated rings. The van der Waals surface area contributed by atoms with Gasteiger partial charge in [0, 0.05) is 33.3 Å². The first kappa shape index (κ1) is 35.4. The molecule has 5 nitrogen and oxygen atoms in total. The summed E-state index contributed by atoms with van der Waals surface area (Å²) in [5, 5.41) is 10.2. The van der Waals surface area contributed by atoms with Crippen molar-refractivity contribution in [2.24, 2.45) is 0 Å². The average Bonchev–Trinajstić information content (AvgIpc) is 2.43. The van der Waals surface area contributed by atoms with Crippen molar-refractivity contribution in [2.75, 3.05) is 0 Å². The molecule has 0 aromatic carbocycles. The molecule has 0 aromatic heterocycles. The molecule has 0 heterocycles. The number of rotatable bonds is 16. The van der Waals surface area contributed by atoms with Crippen molar-refractivity contribution < 1.29 is 26.3 Å². The van der Waals surface area contributed by atoms with Gasteiger partial charge in [0.05, 0.1) is 0 Å². The average molecular weight is 542 g/mol. The summed E-state index contributed by atoms with van der Waals surface area (Å²) >= 11 is 0. The Hall–Kier alpha value is 0.272. The van der Waals surface area contributed by atoms with Gasteiger partial charge in [0.1, 0.15) is 0 Å². The summed E-state index contributed by atoms with van der Waals surface area (Å²) in [6, 6.07) is 0. The molecule has 0 saturated heterocycles. The SMILES string of the molecule is CCCCCCCCCCCCCCCCCC(=O)[O-].[OH-].[OH-].[OH-].[Pb]. The molecule has 0 aliphatic heterocycles. The molecule has 0 aliphatic carbocycles. The molecule has 0 spiro atoms. The van der Waals surface area contributed by atoms with E-state index in [1.165, 1.54) is 83.5 Å². The molecule has 0 bridgehead atoms.